The SMILES string of the molecule is CC(=O)N1CCc2cc(CCCl)sc2C1. The quantitative estimate of drug-likeness (QED) is 0.731. The maximum absolute atomic E-state index is 11.3. The van der Waals surface area contributed by atoms with Crippen molar-refractivity contribution in [2.24, 2.45) is 0 Å². The molecular formula is C11H14ClNOS. The van der Waals surface area contributed by atoms with Crippen molar-refractivity contribution in [2.45, 2.75) is 26.3 Å². The lowest BCUT2D eigenvalue weighted by molar-refractivity contribution is -0.129. The summed E-state index contributed by atoms with van der Waals surface area (Å²) >= 11 is 7.52. The third kappa shape index (κ3) is 2.34. The number of thiophene rings is 1. The number of halogens is 1. The van der Waals surface area contributed by atoms with Crippen molar-refractivity contribution in [1.82, 2.24) is 4.90 Å². The van der Waals surface area contributed by atoms with E-state index in [1.54, 1.807) is 18.3 Å². The van der Waals surface area contributed by atoms with Gasteiger partial charge < -0.3 is 4.90 Å². The number of amides is 1. The fourth-order valence-corrected chi connectivity index (χ4v) is 3.42. The van der Waals surface area contributed by atoms with Gasteiger partial charge >= 0.3 is 0 Å². The molecule has 0 saturated carbocycles. The number of carbonyl (C=O) groups excluding carboxylic acids is 1. The first-order valence-electron chi connectivity index (χ1n) is 5.12. The van der Waals surface area contributed by atoms with E-state index in [4.69, 9.17) is 11.6 Å². The van der Waals surface area contributed by atoms with Crippen LogP contribution in [0.15, 0.2) is 6.07 Å². The summed E-state index contributed by atoms with van der Waals surface area (Å²) in [5.74, 6) is 0.850. The van der Waals surface area contributed by atoms with Crippen LogP contribution in [0, 0.1) is 0 Å². The van der Waals surface area contributed by atoms with Gasteiger partial charge in [0.25, 0.3) is 0 Å². The summed E-state index contributed by atoms with van der Waals surface area (Å²) in [6.45, 7) is 3.29. The highest BCUT2D eigenvalue weighted by molar-refractivity contribution is 7.12. The smallest absolute Gasteiger partial charge is 0.219 e. The Morgan fingerprint density at radius 2 is 2.47 bits per heavy atom. The Morgan fingerprint density at radius 1 is 1.67 bits per heavy atom. The molecule has 1 aromatic rings. The summed E-state index contributed by atoms with van der Waals surface area (Å²) in [5.41, 5.74) is 1.41. The van der Waals surface area contributed by atoms with Gasteiger partial charge in [-0.1, -0.05) is 0 Å². The van der Waals surface area contributed by atoms with E-state index in [0.29, 0.717) is 5.88 Å². The Labute approximate surface area is 98.8 Å². The van der Waals surface area contributed by atoms with Crippen LogP contribution in [-0.2, 0) is 24.2 Å². The molecular weight excluding hydrogens is 230 g/mol. The molecule has 0 aromatic carbocycles. The van der Waals surface area contributed by atoms with Crippen molar-refractivity contribution < 1.29 is 4.79 Å². The minimum absolute atomic E-state index is 0.174. The van der Waals surface area contributed by atoms with E-state index in [9.17, 15) is 4.79 Å². The first-order chi connectivity index (χ1) is 7.20. The lowest BCUT2D eigenvalue weighted by Gasteiger charge is -2.25. The number of nitrogens with zero attached hydrogens (tertiary/aromatic N) is 1. The van der Waals surface area contributed by atoms with Crippen LogP contribution in [0.4, 0.5) is 0 Å². The molecule has 0 bridgehead atoms. The van der Waals surface area contributed by atoms with Crippen LogP contribution in [0.25, 0.3) is 0 Å². The van der Waals surface area contributed by atoms with Crippen LogP contribution in [0.5, 0.6) is 0 Å². The molecule has 1 amide bonds. The number of rotatable bonds is 2. The summed E-state index contributed by atoms with van der Waals surface area (Å²) in [6.07, 6.45) is 1.94. The molecule has 0 fully saturated rings. The van der Waals surface area contributed by atoms with E-state index in [0.717, 1.165) is 25.9 Å². The van der Waals surface area contributed by atoms with Gasteiger partial charge in [0.15, 0.2) is 0 Å². The molecule has 1 aromatic heterocycles. The molecule has 0 N–H and O–H groups in total. The third-order valence-electron chi connectivity index (χ3n) is 2.72. The molecule has 0 spiro atoms. The van der Waals surface area contributed by atoms with Crippen LogP contribution in [0.3, 0.4) is 0 Å². The lowest BCUT2D eigenvalue weighted by Crippen LogP contribution is -2.33. The molecule has 2 heterocycles. The molecule has 0 saturated heterocycles. The van der Waals surface area contributed by atoms with Gasteiger partial charge in [0.1, 0.15) is 0 Å². The highest BCUT2D eigenvalue weighted by atomic mass is 35.5. The van der Waals surface area contributed by atoms with Gasteiger partial charge in [0.05, 0.1) is 6.54 Å². The summed E-state index contributed by atoms with van der Waals surface area (Å²) in [5, 5.41) is 0. The average molecular weight is 244 g/mol. The minimum Gasteiger partial charge on any atom is -0.337 e. The maximum Gasteiger partial charge on any atom is 0.219 e. The van der Waals surface area contributed by atoms with Gasteiger partial charge in [0, 0.05) is 29.1 Å². The fourth-order valence-electron chi connectivity index (χ4n) is 1.87. The van der Waals surface area contributed by atoms with Crippen molar-refractivity contribution >= 4 is 28.8 Å². The van der Waals surface area contributed by atoms with Crippen LogP contribution in [0.2, 0.25) is 0 Å². The topological polar surface area (TPSA) is 20.3 Å². The number of hydrogen-bond acceptors (Lipinski definition) is 2. The molecule has 1 aliphatic rings. The zero-order chi connectivity index (χ0) is 10.8. The summed E-state index contributed by atoms with van der Waals surface area (Å²) in [4.78, 5) is 15.8. The second-order valence-electron chi connectivity index (χ2n) is 3.79. The highest BCUT2D eigenvalue weighted by Gasteiger charge is 2.20. The molecule has 15 heavy (non-hydrogen) atoms. The predicted octanol–water partition coefficient (Wildman–Crippen LogP) is 2.43. The maximum atomic E-state index is 11.3. The molecule has 82 valence electrons. The van der Waals surface area contributed by atoms with Crippen molar-refractivity contribution in [2.75, 3.05) is 12.4 Å². The van der Waals surface area contributed by atoms with Crippen molar-refractivity contribution in [3.8, 4) is 0 Å². The zero-order valence-electron chi connectivity index (χ0n) is 8.75. The summed E-state index contributed by atoms with van der Waals surface area (Å²) < 4.78 is 0. The molecule has 0 aliphatic carbocycles. The minimum atomic E-state index is 0.174. The molecule has 0 atom stereocenters. The number of fused-ring (bicyclic) bond motifs is 1. The predicted molar refractivity (Wildman–Crippen MR) is 63.5 cm³/mol. The second kappa shape index (κ2) is 4.54. The Hall–Kier alpha value is -0.540. The van der Waals surface area contributed by atoms with E-state index in [2.05, 4.69) is 6.07 Å². The first-order valence-corrected chi connectivity index (χ1v) is 6.47. The van der Waals surface area contributed by atoms with Crippen molar-refractivity contribution in [1.29, 1.82) is 0 Å². The van der Waals surface area contributed by atoms with Gasteiger partial charge in [-0.3, -0.25) is 4.79 Å². The number of alkyl halides is 1. The average Bonchev–Trinajstić information content (AvgIpc) is 2.59. The van der Waals surface area contributed by atoms with Crippen molar-refractivity contribution in [3.05, 3.63) is 21.4 Å². The molecule has 0 unspecified atom stereocenters. The number of carbonyl (C=O) groups is 1. The largest absolute Gasteiger partial charge is 0.337 e. The van der Waals surface area contributed by atoms with Gasteiger partial charge in [-0.05, 0) is 24.5 Å². The van der Waals surface area contributed by atoms with Gasteiger partial charge in [-0.25, -0.2) is 0 Å². The Bertz CT molecular complexity index is 375. The first kappa shape index (κ1) is 11.0. The highest BCUT2D eigenvalue weighted by Crippen LogP contribution is 2.28. The summed E-state index contributed by atoms with van der Waals surface area (Å²) in [7, 11) is 0. The van der Waals surface area contributed by atoms with E-state index >= 15 is 0 Å². The Morgan fingerprint density at radius 3 is 3.13 bits per heavy atom. The molecule has 2 rings (SSSR count). The zero-order valence-corrected chi connectivity index (χ0v) is 10.3. The molecule has 1 aliphatic heterocycles. The van der Waals surface area contributed by atoms with E-state index < -0.39 is 0 Å². The van der Waals surface area contributed by atoms with Gasteiger partial charge in [-0.15, -0.1) is 22.9 Å². The lowest BCUT2D eigenvalue weighted by atomic mass is 10.1. The monoisotopic (exact) mass is 243 g/mol. The van der Waals surface area contributed by atoms with E-state index in [1.807, 2.05) is 4.90 Å². The molecule has 0 radical (unpaired) electrons. The van der Waals surface area contributed by atoms with E-state index in [-0.39, 0.29) is 5.91 Å². The fraction of sp³-hybridized carbons (Fsp3) is 0.545. The normalized spacial score (nSPS) is 15.2. The standard InChI is InChI=1S/C11H14ClNOS/c1-8(14)13-5-3-9-6-10(2-4-12)15-11(9)7-13/h6H,2-5,7H2,1H3. The third-order valence-corrected chi connectivity index (χ3v) is 4.13. The van der Waals surface area contributed by atoms with Crippen molar-refractivity contribution in [3.63, 3.8) is 0 Å². The van der Waals surface area contributed by atoms with Crippen LogP contribution in [-0.4, -0.2) is 23.2 Å². The van der Waals surface area contributed by atoms with Crippen LogP contribution < -0.4 is 0 Å². The Kier molecular flexibility index (Phi) is 3.32. The Balaban J connectivity index is 2.15. The van der Waals surface area contributed by atoms with E-state index in [1.165, 1.54) is 15.3 Å². The van der Waals surface area contributed by atoms with Crippen LogP contribution in [0.1, 0.15) is 22.2 Å². The van der Waals surface area contributed by atoms with Crippen LogP contribution >= 0.6 is 22.9 Å². The second-order valence-corrected chi connectivity index (χ2v) is 5.39. The number of aryl methyl sites for hydroxylation is 1. The van der Waals surface area contributed by atoms with Gasteiger partial charge in [-0.2, -0.15) is 0 Å². The molecule has 2 nitrogen and oxygen atoms in total. The number of hydrogen-bond donors (Lipinski definition) is 0. The van der Waals surface area contributed by atoms with Gasteiger partial charge in [0.2, 0.25) is 5.91 Å². The molecule has 4 heteroatoms. The summed E-state index contributed by atoms with van der Waals surface area (Å²) in [6, 6.07) is 2.25.